The highest BCUT2D eigenvalue weighted by Gasteiger charge is 2.43. The van der Waals surface area contributed by atoms with E-state index in [1.807, 2.05) is 20.8 Å². The third-order valence-electron chi connectivity index (χ3n) is 8.22. The van der Waals surface area contributed by atoms with E-state index in [-0.39, 0.29) is 6.04 Å². The molecule has 0 spiro atoms. The van der Waals surface area contributed by atoms with Gasteiger partial charge in [-0.2, -0.15) is 0 Å². The van der Waals surface area contributed by atoms with E-state index in [0.29, 0.717) is 5.41 Å². The fourth-order valence-corrected chi connectivity index (χ4v) is 5.51. The third-order valence-corrected chi connectivity index (χ3v) is 8.22. The molecule has 3 rings (SSSR count). The van der Waals surface area contributed by atoms with Crippen molar-refractivity contribution in [2.24, 2.45) is 23.0 Å². The number of hydrogen-bond donors (Lipinski definition) is 1. The maximum atomic E-state index is 5.35. The zero-order valence-electron chi connectivity index (χ0n) is 28.4. The minimum Gasteiger partial charge on any atom is -0.324 e. The molecule has 3 unspecified atom stereocenters. The smallest absolute Gasteiger partial charge is 0.0218 e. The highest BCUT2D eigenvalue weighted by atomic mass is 14.6. The lowest BCUT2D eigenvalue weighted by atomic mass is 9.56. The first kappa shape index (κ1) is 39.5. The predicted octanol–water partition coefficient (Wildman–Crippen LogP) is 11.8. The number of allylic oxidation sites excluding steroid dienone is 2. The highest BCUT2D eigenvalue weighted by Crippen LogP contribution is 2.54. The zero-order chi connectivity index (χ0) is 30.6. The number of rotatable bonds is 8. The van der Waals surface area contributed by atoms with Crippen molar-refractivity contribution in [3.8, 4) is 0 Å². The Labute approximate surface area is 246 Å². The largest absolute Gasteiger partial charge is 0.324 e. The van der Waals surface area contributed by atoms with E-state index in [1.165, 1.54) is 57.8 Å². The van der Waals surface area contributed by atoms with Crippen molar-refractivity contribution in [3.05, 3.63) is 71.8 Å². The summed E-state index contributed by atoms with van der Waals surface area (Å²) in [6.07, 6.45) is 16.9. The second-order valence-electron chi connectivity index (χ2n) is 12.1. The van der Waals surface area contributed by atoms with Gasteiger partial charge in [0.25, 0.3) is 0 Å². The molecule has 0 fully saturated rings. The minimum atomic E-state index is 0.199. The first-order valence-corrected chi connectivity index (χ1v) is 16.2. The van der Waals surface area contributed by atoms with Crippen LogP contribution in [0.5, 0.6) is 0 Å². The number of aryl methyl sites for hydroxylation is 2. The van der Waals surface area contributed by atoms with E-state index >= 15 is 0 Å². The van der Waals surface area contributed by atoms with Gasteiger partial charge in [-0.05, 0) is 97.3 Å². The minimum absolute atomic E-state index is 0.199. The van der Waals surface area contributed by atoms with Gasteiger partial charge >= 0.3 is 0 Å². The van der Waals surface area contributed by atoms with E-state index in [0.717, 1.165) is 24.2 Å². The lowest BCUT2D eigenvalue weighted by molar-refractivity contribution is 0.151. The van der Waals surface area contributed by atoms with Crippen molar-refractivity contribution in [2.75, 3.05) is 0 Å². The van der Waals surface area contributed by atoms with Crippen LogP contribution in [0.1, 0.15) is 149 Å². The summed E-state index contributed by atoms with van der Waals surface area (Å²) in [5.74, 6) is 2.47. The number of hydrogen-bond acceptors (Lipinski definition) is 1. The van der Waals surface area contributed by atoms with Gasteiger partial charge in [-0.25, -0.2) is 0 Å². The topological polar surface area (TPSA) is 26.0 Å². The molecule has 2 aliphatic carbocycles. The maximum absolute atomic E-state index is 5.35. The Bertz CT molecular complexity index is 797. The molecule has 2 N–H and O–H groups in total. The molecule has 0 heterocycles. The molecule has 0 radical (unpaired) electrons. The van der Waals surface area contributed by atoms with Crippen LogP contribution in [-0.4, -0.2) is 6.04 Å². The van der Waals surface area contributed by atoms with Crippen molar-refractivity contribution in [1.29, 1.82) is 0 Å². The van der Waals surface area contributed by atoms with Gasteiger partial charge < -0.3 is 5.73 Å². The Balaban J connectivity index is 0. The first-order valence-electron chi connectivity index (χ1n) is 16.2. The predicted molar refractivity (Wildman–Crippen MR) is 182 cm³/mol. The Hall–Kier alpha value is -1.60. The lowest BCUT2D eigenvalue weighted by Gasteiger charge is -2.48. The molecule has 1 nitrogen and oxygen atoms in total. The van der Waals surface area contributed by atoms with Gasteiger partial charge in [0.1, 0.15) is 0 Å². The molecule has 39 heavy (non-hydrogen) atoms. The van der Waals surface area contributed by atoms with Crippen LogP contribution in [0.2, 0.25) is 0 Å². The molecule has 226 valence electrons. The van der Waals surface area contributed by atoms with Crippen molar-refractivity contribution >= 4 is 0 Å². The van der Waals surface area contributed by atoms with E-state index in [2.05, 4.69) is 93.3 Å². The molecule has 0 aromatic heterocycles. The van der Waals surface area contributed by atoms with Crippen molar-refractivity contribution in [1.82, 2.24) is 0 Å². The van der Waals surface area contributed by atoms with Crippen LogP contribution >= 0.6 is 0 Å². The molecule has 1 aromatic rings. The molecular formula is C38H69N. The van der Waals surface area contributed by atoms with Crippen LogP contribution < -0.4 is 5.73 Å². The van der Waals surface area contributed by atoms with Crippen LogP contribution in [0.15, 0.2) is 49.6 Å². The summed E-state index contributed by atoms with van der Waals surface area (Å²) in [6, 6.07) is 5.33. The maximum Gasteiger partial charge on any atom is 0.0218 e. The van der Waals surface area contributed by atoms with E-state index < -0.39 is 0 Å². The summed E-state index contributed by atoms with van der Waals surface area (Å²) in [5, 5.41) is 0. The summed E-state index contributed by atoms with van der Waals surface area (Å²) in [4.78, 5) is 0. The Kier molecular flexibility index (Phi) is 22.4. The molecule has 3 atom stereocenters. The van der Waals surface area contributed by atoms with Gasteiger partial charge in [0, 0.05) is 6.04 Å². The van der Waals surface area contributed by atoms with E-state index in [1.54, 1.807) is 33.9 Å². The lowest BCUT2D eigenvalue weighted by Crippen LogP contribution is -2.38. The van der Waals surface area contributed by atoms with Crippen LogP contribution in [0.3, 0.4) is 0 Å². The number of nitrogens with two attached hydrogens (primary N) is 1. The summed E-state index contributed by atoms with van der Waals surface area (Å²) < 4.78 is 0. The fourth-order valence-electron chi connectivity index (χ4n) is 5.51. The van der Waals surface area contributed by atoms with Crippen LogP contribution in [0, 0.1) is 17.3 Å². The molecule has 0 bridgehead atoms. The Morgan fingerprint density at radius 1 is 1.03 bits per heavy atom. The van der Waals surface area contributed by atoms with Crippen LogP contribution in [0.25, 0.3) is 0 Å². The van der Waals surface area contributed by atoms with Gasteiger partial charge in [0.05, 0.1) is 0 Å². The second-order valence-corrected chi connectivity index (χ2v) is 12.1. The quantitative estimate of drug-likeness (QED) is 0.258. The van der Waals surface area contributed by atoms with Crippen molar-refractivity contribution < 1.29 is 0 Å². The number of fused-ring (bicyclic) bond motifs is 3. The molecule has 0 aliphatic heterocycles. The van der Waals surface area contributed by atoms with E-state index in [9.17, 15) is 0 Å². The van der Waals surface area contributed by atoms with Gasteiger partial charge in [0.2, 0.25) is 0 Å². The second kappa shape index (κ2) is 22.1. The summed E-state index contributed by atoms with van der Waals surface area (Å²) in [7, 11) is 0. The SMILES string of the molecule is C=C.C=CC(N)CC.CC.CCC(C)C.CCCCCc1cc(CC)c2c(c1)CC(C)(C)C1CC=C(C)CC21. The molecule has 1 aromatic carbocycles. The average molecular weight is 540 g/mol. The highest BCUT2D eigenvalue weighted by molar-refractivity contribution is 5.46. The molecular weight excluding hydrogens is 470 g/mol. The van der Waals surface area contributed by atoms with Gasteiger partial charge in [-0.3, -0.25) is 0 Å². The summed E-state index contributed by atoms with van der Waals surface area (Å²) in [6.45, 7) is 34.2. The molecule has 1 heteroatoms. The monoisotopic (exact) mass is 540 g/mol. The third kappa shape index (κ3) is 14.0. The van der Waals surface area contributed by atoms with Gasteiger partial charge in [-0.15, -0.1) is 19.7 Å². The number of unbranched alkanes of at least 4 members (excludes halogenated alkanes) is 2. The van der Waals surface area contributed by atoms with Gasteiger partial charge in [-0.1, -0.05) is 118 Å². The Morgan fingerprint density at radius 3 is 2.05 bits per heavy atom. The first-order chi connectivity index (χ1) is 18.5. The molecule has 0 amide bonds. The molecule has 0 saturated carbocycles. The summed E-state index contributed by atoms with van der Waals surface area (Å²) >= 11 is 0. The molecule has 2 aliphatic rings. The normalized spacial score (nSPS) is 18.9. The average Bonchev–Trinajstić information content (AvgIpc) is 2.94. The Morgan fingerprint density at radius 2 is 1.62 bits per heavy atom. The van der Waals surface area contributed by atoms with Crippen LogP contribution in [-0.2, 0) is 19.3 Å². The zero-order valence-corrected chi connectivity index (χ0v) is 28.4. The van der Waals surface area contributed by atoms with Crippen molar-refractivity contribution in [3.63, 3.8) is 0 Å². The van der Waals surface area contributed by atoms with Gasteiger partial charge in [0.15, 0.2) is 0 Å². The van der Waals surface area contributed by atoms with Crippen molar-refractivity contribution in [2.45, 2.75) is 152 Å². The fraction of sp³-hybridized carbons (Fsp3) is 0.684. The standard InChI is InChI=1S/C24H36.C5H11N.C5H12.C2H6.C2H4/c1-6-8-9-10-18-14-19(7-2)23-20(15-18)16-24(4,5)22-12-11-17(3)13-21(22)23;1-3-5(6)4-2;1-4-5(2)3;2*1-2/h11,14-15,21-22H,6-10,12-13,16H2,1-5H3;3,5H,1,4,6H2,2H3;5H,4H2,1-3H3;1-2H3;1-2H2. The molecule has 0 saturated heterocycles. The van der Waals surface area contributed by atoms with Crippen LogP contribution in [0.4, 0.5) is 0 Å². The number of benzene rings is 1. The van der Waals surface area contributed by atoms with E-state index in [4.69, 9.17) is 5.73 Å². The summed E-state index contributed by atoms with van der Waals surface area (Å²) in [5.41, 5.74) is 14.1.